The number of aromatic nitrogens is 2. The number of ether oxygens (including phenoxy) is 5. The van der Waals surface area contributed by atoms with Gasteiger partial charge in [0.2, 0.25) is 0 Å². The lowest BCUT2D eigenvalue weighted by molar-refractivity contribution is 0.0390. The van der Waals surface area contributed by atoms with E-state index in [1.807, 2.05) is 86.6 Å². The van der Waals surface area contributed by atoms with Crippen LogP contribution in [0.4, 0.5) is 0 Å². The molecule has 12 aromatic rings. The van der Waals surface area contributed by atoms with Gasteiger partial charge in [0, 0.05) is 48.5 Å². The molecular formula is C87H92N2O8. The number of aryl methyl sites for hydroxylation is 2. The molecule has 498 valence electrons. The minimum absolute atomic E-state index is 0.0594. The van der Waals surface area contributed by atoms with Crippen LogP contribution in [0.3, 0.4) is 0 Å². The monoisotopic (exact) mass is 1290 g/mol. The van der Waals surface area contributed by atoms with Gasteiger partial charge in [-0.05, 0) is 203 Å². The number of pyridine rings is 1. The Balaban J connectivity index is 1.20. The molecule has 0 radical (unpaired) electrons. The van der Waals surface area contributed by atoms with Gasteiger partial charge in [-0.25, -0.2) is 14.6 Å². The van der Waals surface area contributed by atoms with Gasteiger partial charge in [-0.15, -0.1) is 6.58 Å². The van der Waals surface area contributed by atoms with E-state index >= 15 is 4.79 Å². The summed E-state index contributed by atoms with van der Waals surface area (Å²) in [6.45, 7) is 48.8. The second-order valence-corrected chi connectivity index (χ2v) is 34.3. The van der Waals surface area contributed by atoms with Crippen LogP contribution in [0.1, 0.15) is 204 Å². The molecule has 0 saturated carbocycles. The van der Waals surface area contributed by atoms with Crippen molar-refractivity contribution in [3.05, 3.63) is 200 Å². The highest BCUT2D eigenvalue weighted by Gasteiger charge is 2.38. The normalized spacial score (nSPS) is 13.7. The molecular weight excluding hydrogens is 1200 g/mol. The maximum atomic E-state index is 16.2. The minimum atomic E-state index is -0.829. The Morgan fingerprint density at radius 1 is 0.412 bits per heavy atom. The summed E-state index contributed by atoms with van der Waals surface area (Å²) >= 11 is 0. The highest BCUT2D eigenvalue weighted by Crippen LogP contribution is 2.58. The lowest BCUT2D eigenvalue weighted by Gasteiger charge is -2.33. The summed E-state index contributed by atoms with van der Waals surface area (Å²) in [6, 6.07) is 44.0. The largest absolute Gasteiger partial charge is 0.457 e. The van der Waals surface area contributed by atoms with Crippen molar-refractivity contribution in [2.45, 2.75) is 186 Å². The van der Waals surface area contributed by atoms with Gasteiger partial charge < -0.3 is 23.7 Å². The number of cyclic esters (lactones) is 2. The van der Waals surface area contributed by atoms with E-state index in [9.17, 15) is 9.59 Å². The van der Waals surface area contributed by atoms with Gasteiger partial charge >= 0.3 is 11.9 Å². The Labute approximate surface area is 570 Å². The fraction of sp³-hybridized carbons (Fsp3) is 0.356. The molecule has 0 saturated heterocycles. The first-order chi connectivity index (χ1) is 45.2. The number of nitrogens with zero attached hydrogens (tertiary/aromatic N) is 2. The molecule has 97 heavy (non-hydrogen) atoms. The summed E-state index contributed by atoms with van der Waals surface area (Å²) in [5, 5.41) is 5.10. The lowest BCUT2D eigenvalue weighted by atomic mass is 9.72. The topological polar surface area (TPSA) is 115 Å². The zero-order valence-corrected chi connectivity index (χ0v) is 60.4. The zero-order valence-electron chi connectivity index (χ0n) is 60.4. The summed E-state index contributed by atoms with van der Waals surface area (Å²) in [7, 11) is 0. The molecule has 0 atom stereocenters. The van der Waals surface area contributed by atoms with Crippen molar-refractivity contribution >= 4 is 82.5 Å². The molecule has 3 heterocycles. The third kappa shape index (κ3) is 12.2. The maximum absolute atomic E-state index is 16.2. The second-order valence-electron chi connectivity index (χ2n) is 34.3. The Bertz CT molecular complexity index is 5240. The molecule has 0 unspecified atom stereocenters. The van der Waals surface area contributed by atoms with E-state index in [-0.39, 0.29) is 66.1 Å². The van der Waals surface area contributed by atoms with Crippen LogP contribution in [0.25, 0.3) is 70.5 Å². The van der Waals surface area contributed by atoms with Crippen molar-refractivity contribution in [2.24, 2.45) is 16.2 Å². The lowest BCUT2D eigenvalue weighted by Crippen LogP contribution is -2.24. The van der Waals surface area contributed by atoms with Gasteiger partial charge in [0.15, 0.2) is 0 Å². The van der Waals surface area contributed by atoms with Crippen LogP contribution >= 0.6 is 0 Å². The zero-order chi connectivity index (χ0) is 69.8. The first kappa shape index (κ1) is 66.3. The smallest absolute Gasteiger partial charge is 0.346 e. The molecule has 1 aliphatic heterocycles. The number of hydrogen-bond acceptors (Lipinski definition) is 9. The molecule has 2 aromatic heterocycles. The Hall–Kier alpha value is -9.28. The van der Waals surface area contributed by atoms with Crippen molar-refractivity contribution in [3.63, 3.8) is 0 Å². The summed E-state index contributed by atoms with van der Waals surface area (Å²) in [5.74, 6) is 1.66. The number of carbonyl (C=O) groups excluding carboxylic acids is 2. The number of fused-ring (bicyclic) bond motifs is 6. The Morgan fingerprint density at radius 3 is 1.10 bits per heavy atom. The molecule has 0 N–H and O–H groups in total. The first-order valence-electron chi connectivity index (χ1n) is 34.2. The molecule has 0 aliphatic carbocycles. The maximum Gasteiger partial charge on any atom is 0.346 e. The molecule has 0 amide bonds. The average molecular weight is 1290 g/mol. The van der Waals surface area contributed by atoms with Crippen molar-refractivity contribution in [3.8, 4) is 46.0 Å². The number of benzene rings is 10. The Kier molecular flexibility index (Phi) is 15.7. The number of esters is 2. The van der Waals surface area contributed by atoms with E-state index in [1.165, 1.54) is 0 Å². The molecule has 10 aromatic carbocycles. The third-order valence-corrected chi connectivity index (χ3v) is 19.8. The summed E-state index contributed by atoms with van der Waals surface area (Å²) in [5.41, 5.74) is 8.82. The number of rotatable bonds is 17. The number of carbonyl (C=O) groups is 2. The Morgan fingerprint density at radius 2 is 0.742 bits per heavy atom. The fourth-order valence-electron chi connectivity index (χ4n) is 16.7. The second kappa shape index (κ2) is 22.9. The summed E-state index contributed by atoms with van der Waals surface area (Å²) < 4.78 is 37.1. The van der Waals surface area contributed by atoms with Crippen LogP contribution in [-0.4, -0.2) is 21.3 Å². The van der Waals surface area contributed by atoms with Gasteiger partial charge in [0.25, 0.3) is 5.56 Å². The van der Waals surface area contributed by atoms with E-state index < -0.39 is 11.9 Å². The van der Waals surface area contributed by atoms with Crippen molar-refractivity contribution < 1.29 is 33.3 Å². The predicted molar refractivity (Wildman–Crippen MR) is 398 cm³/mol. The van der Waals surface area contributed by atoms with Gasteiger partial charge in [-0.2, -0.15) is 0 Å². The fourth-order valence-corrected chi connectivity index (χ4v) is 16.7. The standard InChI is InChI=1S/C87H92N2O8/c1-48(2)44-84(14,15)51-22-30-55(31-23-51)94-66-41-60-69-59(77-88-63-38-49(3)50(4)39-64(63)89(77)78(60)90)40-65(93-56-32-24-52(25-33-56)85(16,17)45-81(5,6)7)71-73-67(95-57-34-26-53(27-35-57)86(18,19)46-82(8,9)10)42-61-70-62(80(92)97-79(61)91)43-68(74(76(70)73)72(66)75(69)71)96-58-36-28-54(29-37-58)87(20,21)47-83(11,12)13/h22-43H,1,44-47H2,2-21H3. The van der Waals surface area contributed by atoms with E-state index in [4.69, 9.17) is 28.7 Å². The van der Waals surface area contributed by atoms with Crippen LogP contribution in [0.5, 0.6) is 46.0 Å². The highest BCUT2D eigenvalue weighted by molar-refractivity contribution is 6.44. The summed E-state index contributed by atoms with van der Waals surface area (Å²) in [6.07, 6.45) is 3.59. The minimum Gasteiger partial charge on any atom is -0.457 e. The average Bonchev–Trinajstić information content (AvgIpc) is 1.43. The van der Waals surface area contributed by atoms with Crippen LogP contribution in [0.15, 0.2) is 150 Å². The van der Waals surface area contributed by atoms with E-state index in [2.05, 4.69) is 180 Å². The number of imidazole rings is 1. The molecule has 10 heteroatoms. The van der Waals surface area contributed by atoms with E-state index in [1.54, 1.807) is 16.5 Å². The van der Waals surface area contributed by atoms with Crippen LogP contribution in [0, 0.1) is 30.1 Å². The molecule has 0 fully saturated rings. The number of allylic oxidation sites excluding steroid dienone is 1. The van der Waals surface area contributed by atoms with Crippen molar-refractivity contribution in [2.75, 3.05) is 0 Å². The van der Waals surface area contributed by atoms with Crippen molar-refractivity contribution in [1.82, 2.24) is 9.38 Å². The quantitative estimate of drug-likeness (QED) is 0.0289. The van der Waals surface area contributed by atoms with Gasteiger partial charge in [-0.3, -0.25) is 9.20 Å². The van der Waals surface area contributed by atoms with E-state index in [0.717, 1.165) is 64.6 Å². The summed E-state index contributed by atoms with van der Waals surface area (Å²) in [4.78, 5) is 51.2. The molecule has 1 aliphatic rings. The van der Waals surface area contributed by atoms with Crippen molar-refractivity contribution in [1.29, 1.82) is 0 Å². The van der Waals surface area contributed by atoms with Gasteiger partial charge in [0.1, 0.15) is 51.6 Å². The van der Waals surface area contributed by atoms with Crippen LogP contribution in [-0.2, 0) is 26.4 Å². The molecule has 10 nitrogen and oxygen atoms in total. The van der Waals surface area contributed by atoms with Crippen LogP contribution in [0.2, 0.25) is 0 Å². The predicted octanol–water partition coefficient (Wildman–Crippen LogP) is 24.0. The molecule has 0 spiro atoms. The van der Waals surface area contributed by atoms with E-state index in [0.29, 0.717) is 105 Å². The third-order valence-electron chi connectivity index (χ3n) is 19.8. The number of hydrogen-bond donors (Lipinski definition) is 0. The SMILES string of the molecule is C=C(C)CC(C)(C)c1ccc(Oc2cc3c(=O)n4c5cc(C)c(C)cc5nc4c4cc(Oc5ccc(C(C)(C)CC(C)(C)C)cc5)c5c6c(Oc7ccc(C(C)(C)CC(C)(C)C)cc7)cc7c8c(cc(Oc9ccc(C(C)(C)CC(C)(C)C)cc9)c(c2c5c34)c86)C(=O)OC7=O)cc1. The molecule has 13 rings (SSSR count). The molecule has 0 bridgehead atoms. The first-order valence-corrected chi connectivity index (χ1v) is 34.2. The van der Waals surface area contributed by atoms with Gasteiger partial charge in [0.05, 0.1) is 27.5 Å². The van der Waals surface area contributed by atoms with Gasteiger partial charge in [-0.1, -0.05) is 172 Å². The highest BCUT2D eigenvalue weighted by atomic mass is 16.6. The van der Waals surface area contributed by atoms with Crippen LogP contribution < -0.4 is 24.5 Å².